The molecule has 0 amide bonds. The summed E-state index contributed by atoms with van der Waals surface area (Å²) in [6.45, 7) is 8.81. The van der Waals surface area contributed by atoms with Crippen molar-refractivity contribution in [3.63, 3.8) is 0 Å². The van der Waals surface area contributed by atoms with E-state index in [-0.39, 0.29) is 6.61 Å². The van der Waals surface area contributed by atoms with Crippen LogP contribution in [0.25, 0.3) is 0 Å². The van der Waals surface area contributed by atoms with Gasteiger partial charge in [-0.15, -0.1) is 0 Å². The van der Waals surface area contributed by atoms with Gasteiger partial charge in [-0.1, -0.05) is 19.9 Å². The summed E-state index contributed by atoms with van der Waals surface area (Å²) in [5.74, 6) is 2.74. The Labute approximate surface area is 133 Å². The molecule has 122 valence electrons. The largest absolute Gasteiger partial charge is 0.496 e. The number of benzene rings is 1. The molecule has 0 fully saturated rings. The molecule has 0 aliphatic rings. The maximum Gasteiger partial charge on any atom is 0.298 e. The van der Waals surface area contributed by atoms with Gasteiger partial charge in [-0.3, -0.25) is 4.79 Å². The van der Waals surface area contributed by atoms with Crippen LogP contribution in [0.2, 0.25) is 0 Å². The van der Waals surface area contributed by atoms with Crippen molar-refractivity contribution < 1.29 is 19.0 Å². The quantitative estimate of drug-likeness (QED) is 0.510. The molecule has 0 unspecified atom stereocenters. The number of hydrogen-bond acceptors (Lipinski definition) is 4. The zero-order valence-corrected chi connectivity index (χ0v) is 14.1. The van der Waals surface area contributed by atoms with Crippen molar-refractivity contribution in [2.24, 2.45) is 5.92 Å². The van der Waals surface area contributed by atoms with Gasteiger partial charge in [0.2, 0.25) is 0 Å². The lowest BCUT2D eigenvalue weighted by Crippen LogP contribution is -2.06. The molecule has 22 heavy (non-hydrogen) atoms. The molecule has 0 radical (unpaired) electrons. The van der Waals surface area contributed by atoms with E-state index in [4.69, 9.17) is 14.2 Å². The molecule has 0 bridgehead atoms. The minimum atomic E-state index is 0.213. The number of carbonyl (C=O) groups excluding carboxylic acids is 1. The number of allylic oxidation sites excluding steroid dienone is 1. The summed E-state index contributed by atoms with van der Waals surface area (Å²) in [6, 6.07) is 3.99. The SMILES string of the molecule is C/C=C(\COc1ccc(CCC(C)C)c(OC)c1C)OC=O. The number of aryl methyl sites for hydroxylation is 1. The van der Waals surface area contributed by atoms with Gasteiger partial charge in [0.15, 0.2) is 0 Å². The molecule has 0 heterocycles. The van der Waals surface area contributed by atoms with Crippen molar-refractivity contribution in [2.45, 2.75) is 40.5 Å². The van der Waals surface area contributed by atoms with E-state index in [1.807, 2.05) is 19.1 Å². The van der Waals surface area contributed by atoms with Gasteiger partial charge in [0.25, 0.3) is 6.47 Å². The lowest BCUT2D eigenvalue weighted by atomic mass is 9.99. The number of ether oxygens (including phenoxy) is 3. The third kappa shape index (κ3) is 5.10. The molecule has 1 aromatic carbocycles. The van der Waals surface area contributed by atoms with Crippen LogP contribution in [0.3, 0.4) is 0 Å². The van der Waals surface area contributed by atoms with E-state index in [0.717, 1.165) is 29.9 Å². The van der Waals surface area contributed by atoms with Gasteiger partial charge in [0.1, 0.15) is 23.9 Å². The van der Waals surface area contributed by atoms with E-state index >= 15 is 0 Å². The molecule has 0 spiro atoms. The van der Waals surface area contributed by atoms with Crippen LogP contribution in [-0.2, 0) is 16.0 Å². The first-order valence-corrected chi connectivity index (χ1v) is 7.58. The second-order valence-corrected chi connectivity index (χ2v) is 5.57. The number of hydrogen-bond donors (Lipinski definition) is 0. The molecule has 0 aliphatic carbocycles. The van der Waals surface area contributed by atoms with E-state index < -0.39 is 0 Å². The van der Waals surface area contributed by atoms with Gasteiger partial charge in [0.05, 0.1) is 7.11 Å². The predicted molar refractivity (Wildman–Crippen MR) is 87.3 cm³/mol. The summed E-state index contributed by atoms with van der Waals surface area (Å²) in [5.41, 5.74) is 2.15. The van der Waals surface area contributed by atoms with E-state index in [1.165, 1.54) is 5.56 Å². The van der Waals surface area contributed by atoms with Gasteiger partial charge in [-0.25, -0.2) is 0 Å². The van der Waals surface area contributed by atoms with Crippen LogP contribution < -0.4 is 9.47 Å². The highest BCUT2D eigenvalue weighted by atomic mass is 16.6. The van der Waals surface area contributed by atoms with E-state index in [1.54, 1.807) is 20.1 Å². The standard InChI is InChI=1S/C18H26O4/c1-6-16(22-12-19)11-21-17-10-9-15(8-7-13(2)3)18(20-5)14(17)4/h6,9-10,12-13H,7-8,11H2,1-5H3/b16-6+. The predicted octanol–water partition coefficient (Wildman–Crippen LogP) is 4.05. The van der Waals surface area contributed by atoms with Crippen LogP contribution >= 0.6 is 0 Å². The van der Waals surface area contributed by atoms with Crippen LogP contribution in [0.5, 0.6) is 11.5 Å². The first kappa shape index (κ1) is 18.1. The molecule has 0 saturated heterocycles. The Morgan fingerprint density at radius 3 is 2.59 bits per heavy atom. The van der Waals surface area contributed by atoms with Crippen molar-refractivity contribution >= 4 is 6.47 Å². The average Bonchev–Trinajstić information content (AvgIpc) is 2.50. The lowest BCUT2D eigenvalue weighted by Gasteiger charge is -2.16. The molecule has 4 nitrogen and oxygen atoms in total. The molecular formula is C18H26O4. The van der Waals surface area contributed by atoms with Crippen LogP contribution in [0.1, 0.15) is 38.3 Å². The minimum Gasteiger partial charge on any atom is -0.496 e. The van der Waals surface area contributed by atoms with Gasteiger partial charge in [-0.05, 0) is 50.3 Å². The summed E-state index contributed by atoms with van der Waals surface area (Å²) in [6.07, 6.45) is 3.81. The fourth-order valence-corrected chi connectivity index (χ4v) is 2.21. The topological polar surface area (TPSA) is 44.8 Å². The zero-order valence-electron chi connectivity index (χ0n) is 14.1. The van der Waals surface area contributed by atoms with Crippen LogP contribution in [-0.4, -0.2) is 20.2 Å². The Bertz CT molecular complexity index is 518. The minimum absolute atomic E-state index is 0.213. The molecule has 1 rings (SSSR count). The maximum atomic E-state index is 10.4. The van der Waals surface area contributed by atoms with Crippen molar-refractivity contribution in [2.75, 3.05) is 13.7 Å². The van der Waals surface area contributed by atoms with Crippen molar-refractivity contribution in [1.82, 2.24) is 0 Å². The molecule has 4 heteroatoms. The number of rotatable bonds is 9. The second-order valence-electron chi connectivity index (χ2n) is 5.57. The summed E-state index contributed by atoms with van der Waals surface area (Å²) >= 11 is 0. The molecule has 0 aliphatic heterocycles. The van der Waals surface area contributed by atoms with E-state index in [0.29, 0.717) is 18.1 Å². The fourth-order valence-electron chi connectivity index (χ4n) is 2.21. The summed E-state index contributed by atoms with van der Waals surface area (Å²) in [5, 5.41) is 0. The molecular weight excluding hydrogens is 280 g/mol. The highest BCUT2D eigenvalue weighted by Crippen LogP contribution is 2.32. The molecule has 0 aromatic heterocycles. The Hall–Kier alpha value is -1.97. The Kier molecular flexibility index (Phi) is 7.50. The summed E-state index contributed by atoms with van der Waals surface area (Å²) < 4.78 is 16.1. The third-order valence-electron chi connectivity index (χ3n) is 3.52. The molecule has 0 atom stereocenters. The Morgan fingerprint density at radius 2 is 2.05 bits per heavy atom. The summed E-state index contributed by atoms with van der Waals surface area (Å²) in [4.78, 5) is 10.4. The lowest BCUT2D eigenvalue weighted by molar-refractivity contribution is -0.125. The monoisotopic (exact) mass is 306 g/mol. The van der Waals surface area contributed by atoms with E-state index in [9.17, 15) is 4.79 Å². The first-order valence-electron chi connectivity index (χ1n) is 7.58. The van der Waals surface area contributed by atoms with Gasteiger partial charge in [0, 0.05) is 5.56 Å². The molecule has 0 N–H and O–H groups in total. The fraction of sp³-hybridized carbons (Fsp3) is 0.500. The highest BCUT2D eigenvalue weighted by Gasteiger charge is 2.12. The second kappa shape index (κ2) is 9.13. The molecule has 1 aromatic rings. The maximum absolute atomic E-state index is 10.4. The normalized spacial score (nSPS) is 11.5. The van der Waals surface area contributed by atoms with Gasteiger partial charge in [-0.2, -0.15) is 0 Å². The van der Waals surface area contributed by atoms with Crippen LogP contribution in [0.4, 0.5) is 0 Å². The van der Waals surface area contributed by atoms with Crippen molar-refractivity contribution in [3.05, 3.63) is 35.1 Å². The van der Waals surface area contributed by atoms with Crippen molar-refractivity contribution in [3.8, 4) is 11.5 Å². The van der Waals surface area contributed by atoms with Crippen molar-refractivity contribution in [1.29, 1.82) is 0 Å². The Morgan fingerprint density at radius 1 is 1.32 bits per heavy atom. The number of carbonyl (C=O) groups is 1. The average molecular weight is 306 g/mol. The summed E-state index contributed by atoms with van der Waals surface area (Å²) in [7, 11) is 1.68. The Balaban J connectivity index is 2.87. The van der Waals surface area contributed by atoms with Crippen LogP contribution in [0, 0.1) is 12.8 Å². The van der Waals surface area contributed by atoms with Gasteiger partial charge >= 0.3 is 0 Å². The molecule has 0 saturated carbocycles. The van der Waals surface area contributed by atoms with E-state index in [2.05, 4.69) is 13.8 Å². The first-order chi connectivity index (χ1) is 10.5. The van der Waals surface area contributed by atoms with Crippen LogP contribution in [0.15, 0.2) is 24.0 Å². The smallest absolute Gasteiger partial charge is 0.298 e. The zero-order chi connectivity index (χ0) is 16.5. The third-order valence-corrected chi connectivity index (χ3v) is 3.52. The highest BCUT2D eigenvalue weighted by molar-refractivity contribution is 5.49. The van der Waals surface area contributed by atoms with Gasteiger partial charge < -0.3 is 14.2 Å². The number of methoxy groups -OCH3 is 1.